The summed E-state index contributed by atoms with van der Waals surface area (Å²) in [6.45, 7) is 0. The molecule has 0 fully saturated rings. The molecule has 0 N–H and O–H groups in total. The van der Waals surface area contributed by atoms with Crippen molar-refractivity contribution in [1.82, 2.24) is 14.5 Å². The van der Waals surface area contributed by atoms with Gasteiger partial charge in [0, 0.05) is 49.3 Å². The summed E-state index contributed by atoms with van der Waals surface area (Å²) in [5, 5.41) is 11.6. The molecule has 13 rings (SSSR count). The van der Waals surface area contributed by atoms with Gasteiger partial charge in [-0.15, -0.1) is 0 Å². The second-order valence-electron chi connectivity index (χ2n) is 16.1. The van der Waals surface area contributed by atoms with Gasteiger partial charge in [-0.3, -0.25) is 0 Å². The average Bonchev–Trinajstić information content (AvgIpc) is 3.93. The Labute approximate surface area is 356 Å². The highest BCUT2D eigenvalue weighted by Gasteiger charge is 2.19. The summed E-state index contributed by atoms with van der Waals surface area (Å²) in [6, 6.07) is 75.5. The van der Waals surface area contributed by atoms with Crippen LogP contribution in [0.5, 0.6) is 0 Å². The van der Waals surface area contributed by atoms with Crippen molar-refractivity contribution >= 4 is 76.0 Å². The molecule has 3 aromatic heterocycles. The number of para-hydroxylation sites is 1. The van der Waals surface area contributed by atoms with Crippen molar-refractivity contribution < 1.29 is 4.42 Å². The van der Waals surface area contributed by atoms with Crippen molar-refractivity contribution in [2.24, 2.45) is 0 Å². The average molecular weight is 790 g/mol. The van der Waals surface area contributed by atoms with E-state index in [0.717, 1.165) is 88.6 Å². The van der Waals surface area contributed by atoms with Crippen LogP contribution in [0.4, 0.5) is 0 Å². The Kier molecular flexibility index (Phi) is 7.57. The number of fused-ring (bicyclic) bond motifs is 11. The van der Waals surface area contributed by atoms with E-state index in [2.05, 4.69) is 217 Å². The zero-order valence-corrected chi connectivity index (χ0v) is 33.5. The molecule has 0 atom stereocenters. The zero-order valence-electron chi connectivity index (χ0n) is 33.5. The van der Waals surface area contributed by atoms with Crippen LogP contribution in [-0.2, 0) is 0 Å². The van der Waals surface area contributed by atoms with E-state index in [4.69, 9.17) is 14.4 Å². The minimum absolute atomic E-state index is 0.703. The van der Waals surface area contributed by atoms with Crippen LogP contribution in [0.2, 0.25) is 0 Å². The lowest BCUT2D eigenvalue weighted by molar-refractivity contribution is 0.632. The summed E-state index contributed by atoms with van der Waals surface area (Å²) in [7, 11) is 0. The van der Waals surface area contributed by atoms with E-state index in [9.17, 15) is 0 Å². The Morgan fingerprint density at radius 2 is 1.00 bits per heavy atom. The van der Waals surface area contributed by atoms with Gasteiger partial charge in [-0.25, -0.2) is 9.97 Å². The molecular formula is C58H35N3O. The van der Waals surface area contributed by atoms with Crippen LogP contribution in [0.3, 0.4) is 0 Å². The summed E-state index contributed by atoms with van der Waals surface area (Å²) in [6.07, 6.45) is 0. The third kappa shape index (κ3) is 5.33. The van der Waals surface area contributed by atoms with E-state index in [1.54, 1.807) is 0 Å². The first-order valence-electron chi connectivity index (χ1n) is 21.1. The fourth-order valence-corrected chi connectivity index (χ4v) is 9.69. The Morgan fingerprint density at radius 1 is 0.371 bits per heavy atom. The maximum atomic E-state index is 6.44. The van der Waals surface area contributed by atoms with E-state index < -0.39 is 0 Å². The molecule has 13 aromatic rings. The summed E-state index contributed by atoms with van der Waals surface area (Å²) < 4.78 is 8.80. The normalized spacial score (nSPS) is 11.9. The molecule has 0 aliphatic carbocycles. The van der Waals surface area contributed by atoms with Gasteiger partial charge in [-0.05, 0) is 98.7 Å². The van der Waals surface area contributed by atoms with Crippen molar-refractivity contribution in [2.45, 2.75) is 0 Å². The quantitative estimate of drug-likeness (QED) is 0.163. The number of nitrogens with zero attached hydrogens (tertiary/aromatic N) is 3. The molecule has 0 bridgehead atoms. The van der Waals surface area contributed by atoms with E-state index in [0.29, 0.717) is 5.82 Å². The first kappa shape index (κ1) is 34.5. The number of benzene rings is 10. The molecule has 4 nitrogen and oxygen atoms in total. The van der Waals surface area contributed by atoms with Gasteiger partial charge < -0.3 is 8.98 Å². The largest absolute Gasteiger partial charge is 0.456 e. The highest BCUT2D eigenvalue weighted by atomic mass is 16.3. The molecule has 288 valence electrons. The number of aromatic nitrogens is 3. The van der Waals surface area contributed by atoms with Gasteiger partial charge in [-0.2, -0.15) is 0 Å². The first-order chi connectivity index (χ1) is 30.7. The van der Waals surface area contributed by atoms with E-state index in [-0.39, 0.29) is 0 Å². The number of furan rings is 1. The van der Waals surface area contributed by atoms with Crippen molar-refractivity contribution in [3.05, 3.63) is 212 Å². The molecule has 4 heteroatoms. The molecule has 0 aliphatic rings. The summed E-state index contributed by atoms with van der Waals surface area (Å²) in [4.78, 5) is 10.7. The summed E-state index contributed by atoms with van der Waals surface area (Å²) in [5.41, 5.74) is 11.6. The van der Waals surface area contributed by atoms with Crippen LogP contribution >= 0.6 is 0 Å². The van der Waals surface area contributed by atoms with Crippen LogP contribution in [0.15, 0.2) is 217 Å². The molecule has 0 saturated carbocycles. The highest BCUT2D eigenvalue weighted by Crippen LogP contribution is 2.41. The monoisotopic (exact) mass is 789 g/mol. The van der Waals surface area contributed by atoms with Gasteiger partial charge >= 0.3 is 0 Å². The minimum atomic E-state index is 0.703. The van der Waals surface area contributed by atoms with Crippen LogP contribution in [0.25, 0.3) is 127 Å². The SMILES string of the molecule is c1ccc(-c2nc(-c3ccc(-n4c5ccccc5c5cc(-c6ccc7oc(-c8cccc9ccccc89)cc7c6)ccc54)cc3)nc3c4ccccc4c4ccccc4c23)cc1. The molecule has 0 aliphatic heterocycles. The maximum absolute atomic E-state index is 6.44. The minimum Gasteiger partial charge on any atom is -0.456 e. The molecule has 0 spiro atoms. The predicted molar refractivity (Wildman–Crippen MR) is 258 cm³/mol. The number of rotatable bonds is 5. The number of hydrogen-bond acceptors (Lipinski definition) is 3. The lowest BCUT2D eigenvalue weighted by Crippen LogP contribution is -1.98. The molecule has 0 radical (unpaired) electrons. The highest BCUT2D eigenvalue weighted by molar-refractivity contribution is 6.27. The standard InChI is InChI=1S/C58H35N3O/c1-2-14-37(15-3-1)56-55-48-21-8-6-18-44(48)45-19-7-9-22-49(45)57(55)60-58(59-56)38-25-29-42(30-26-38)61-51-24-11-10-20-46(51)50-34-40(27-31-52(50)61)39-28-32-53-41(33-39)35-54(62-53)47-23-12-16-36-13-4-5-17-43(36)47/h1-35H. The van der Waals surface area contributed by atoms with Crippen LogP contribution in [0.1, 0.15) is 0 Å². The summed E-state index contributed by atoms with van der Waals surface area (Å²) in [5.74, 6) is 1.58. The molecule has 0 unspecified atom stereocenters. The van der Waals surface area contributed by atoms with Crippen molar-refractivity contribution in [2.75, 3.05) is 0 Å². The van der Waals surface area contributed by atoms with Gasteiger partial charge in [0.05, 0.1) is 22.2 Å². The van der Waals surface area contributed by atoms with Crippen molar-refractivity contribution in [3.8, 4) is 50.8 Å². The molecule has 62 heavy (non-hydrogen) atoms. The van der Waals surface area contributed by atoms with E-state index in [1.165, 1.54) is 32.3 Å². The molecule has 3 heterocycles. The third-order valence-corrected chi connectivity index (χ3v) is 12.6. The van der Waals surface area contributed by atoms with Gasteiger partial charge in [0.25, 0.3) is 0 Å². The summed E-state index contributed by atoms with van der Waals surface area (Å²) >= 11 is 0. The Hall–Kier alpha value is -8.34. The van der Waals surface area contributed by atoms with Crippen molar-refractivity contribution in [1.29, 1.82) is 0 Å². The lowest BCUT2D eigenvalue weighted by atomic mass is 9.94. The Morgan fingerprint density at radius 3 is 1.84 bits per heavy atom. The third-order valence-electron chi connectivity index (χ3n) is 12.6. The van der Waals surface area contributed by atoms with Crippen LogP contribution in [-0.4, -0.2) is 14.5 Å². The van der Waals surface area contributed by atoms with E-state index >= 15 is 0 Å². The molecule has 0 saturated heterocycles. The fourth-order valence-electron chi connectivity index (χ4n) is 9.69. The van der Waals surface area contributed by atoms with Gasteiger partial charge in [0.1, 0.15) is 11.3 Å². The lowest BCUT2D eigenvalue weighted by Gasteiger charge is -2.15. The number of hydrogen-bond donors (Lipinski definition) is 0. The first-order valence-corrected chi connectivity index (χ1v) is 21.1. The van der Waals surface area contributed by atoms with Gasteiger partial charge in [0.15, 0.2) is 5.82 Å². The van der Waals surface area contributed by atoms with Crippen LogP contribution < -0.4 is 0 Å². The second kappa shape index (κ2) is 13.6. The molecule has 0 amide bonds. The topological polar surface area (TPSA) is 43.9 Å². The molecule has 10 aromatic carbocycles. The second-order valence-corrected chi connectivity index (χ2v) is 16.1. The van der Waals surface area contributed by atoms with Crippen LogP contribution in [0, 0.1) is 0 Å². The molecular weight excluding hydrogens is 755 g/mol. The fraction of sp³-hybridized carbons (Fsp3) is 0. The van der Waals surface area contributed by atoms with E-state index in [1.807, 2.05) is 0 Å². The van der Waals surface area contributed by atoms with Crippen molar-refractivity contribution in [3.63, 3.8) is 0 Å². The zero-order chi connectivity index (χ0) is 40.7. The predicted octanol–water partition coefficient (Wildman–Crippen LogP) is 15.6. The Bertz CT molecular complexity index is 3910. The maximum Gasteiger partial charge on any atom is 0.160 e. The smallest absolute Gasteiger partial charge is 0.160 e. The Balaban J connectivity index is 0.916. The van der Waals surface area contributed by atoms with Gasteiger partial charge in [0.2, 0.25) is 0 Å². The van der Waals surface area contributed by atoms with Gasteiger partial charge in [-0.1, -0.05) is 152 Å².